The SMILES string of the molecule is COc1ccc(N(CC(=O)N(Cc2ccccc2)Cc2ccccc2)S(=O)(=O)c2ccc(C)cc2)cc1OC. The summed E-state index contributed by atoms with van der Waals surface area (Å²) in [5, 5.41) is 0. The molecule has 0 aliphatic rings. The van der Waals surface area contributed by atoms with Gasteiger partial charge in [-0.2, -0.15) is 0 Å². The summed E-state index contributed by atoms with van der Waals surface area (Å²) in [4.78, 5) is 15.7. The van der Waals surface area contributed by atoms with Gasteiger partial charge in [-0.15, -0.1) is 0 Å². The van der Waals surface area contributed by atoms with Gasteiger partial charge < -0.3 is 14.4 Å². The topological polar surface area (TPSA) is 76.2 Å². The summed E-state index contributed by atoms with van der Waals surface area (Å²) in [5.74, 6) is 0.472. The van der Waals surface area contributed by atoms with Gasteiger partial charge >= 0.3 is 0 Å². The fraction of sp³-hybridized carbons (Fsp3) is 0.194. The highest BCUT2D eigenvalue weighted by Crippen LogP contribution is 2.34. The molecule has 0 spiro atoms. The van der Waals surface area contributed by atoms with Crippen LogP contribution in [0.3, 0.4) is 0 Å². The maximum atomic E-state index is 14.0. The van der Waals surface area contributed by atoms with Crippen LogP contribution in [0, 0.1) is 6.92 Å². The molecule has 39 heavy (non-hydrogen) atoms. The molecule has 0 N–H and O–H groups in total. The molecule has 0 fully saturated rings. The van der Waals surface area contributed by atoms with E-state index in [1.807, 2.05) is 67.6 Å². The molecule has 4 aromatic carbocycles. The number of rotatable bonds is 11. The van der Waals surface area contributed by atoms with E-state index in [-0.39, 0.29) is 10.8 Å². The summed E-state index contributed by atoms with van der Waals surface area (Å²) in [6.07, 6.45) is 0. The van der Waals surface area contributed by atoms with Crippen LogP contribution in [0.2, 0.25) is 0 Å². The zero-order valence-electron chi connectivity index (χ0n) is 22.3. The lowest BCUT2D eigenvalue weighted by molar-refractivity contribution is -0.130. The van der Waals surface area contributed by atoms with E-state index in [0.29, 0.717) is 30.3 Å². The molecule has 0 aliphatic heterocycles. The number of amides is 1. The third-order valence-corrected chi connectivity index (χ3v) is 8.12. The molecule has 0 aromatic heterocycles. The van der Waals surface area contributed by atoms with Crippen LogP contribution < -0.4 is 13.8 Å². The van der Waals surface area contributed by atoms with E-state index in [4.69, 9.17) is 9.47 Å². The second-order valence-corrected chi connectivity index (χ2v) is 10.9. The number of benzene rings is 4. The highest BCUT2D eigenvalue weighted by molar-refractivity contribution is 7.92. The molecule has 0 atom stereocenters. The highest BCUT2D eigenvalue weighted by atomic mass is 32.2. The molecule has 1 amide bonds. The van der Waals surface area contributed by atoms with Gasteiger partial charge in [-0.05, 0) is 42.3 Å². The van der Waals surface area contributed by atoms with Crippen LogP contribution in [0.5, 0.6) is 11.5 Å². The van der Waals surface area contributed by atoms with Crippen molar-refractivity contribution in [2.45, 2.75) is 24.9 Å². The number of carbonyl (C=O) groups is 1. The number of methoxy groups -OCH3 is 2. The Kier molecular flexibility index (Phi) is 8.88. The zero-order valence-corrected chi connectivity index (χ0v) is 23.1. The van der Waals surface area contributed by atoms with E-state index in [1.54, 1.807) is 47.4 Å². The number of aryl methyl sites for hydroxylation is 1. The Balaban J connectivity index is 1.74. The van der Waals surface area contributed by atoms with Crippen molar-refractivity contribution in [3.63, 3.8) is 0 Å². The van der Waals surface area contributed by atoms with Gasteiger partial charge in [0.05, 0.1) is 24.8 Å². The average Bonchev–Trinajstić information content (AvgIpc) is 2.96. The summed E-state index contributed by atoms with van der Waals surface area (Å²) in [7, 11) is -1.11. The van der Waals surface area contributed by atoms with Gasteiger partial charge in [0.1, 0.15) is 6.54 Å². The molecular weight excluding hydrogens is 512 g/mol. The van der Waals surface area contributed by atoms with Crippen molar-refractivity contribution >= 4 is 21.6 Å². The molecule has 0 unspecified atom stereocenters. The van der Waals surface area contributed by atoms with Gasteiger partial charge in [-0.25, -0.2) is 8.42 Å². The van der Waals surface area contributed by atoms with Crippen molar-refractivity contribution in [3.05, 3.63) is 120 Å². The zero-order chi connectivity index (χ0) is 27.8. The lowest BCUT2D eigenvalue weighted by Crippen LogP contribution is -2.42. The molecule has 8 heteroatoms. The van der Waals surface area contributed by atoms with Crippen LogP contribution in [0.4, 0.5) is 5.69 Å². The quantitative estimate of drug-likeness (QED) is 0.252. The predicted octanol–water partition coefficient (Wildman–Crippen LogP) is 5.44. The Morgan fingerprint density at radius 1 is 0.718 bits per heavy atom. The second-order valence-electron chi connectivity index (χ2n) is 9.09. The van der Waals surface area contributed by atoms with Crippen molar-refractivity contribution in [3.8, 4) is 11.5 Å². The van der Waals surface area contributed by atoms with Crippen molar-refractivity contribution in [1.29, 1.82) is 0 Å². The maximum Gasteiger partial charge on any atom is 0.264 e. The summed E-state index contributed by atoms with van der Waals surface area (Å²) in [6.45, 7) is 2.15. The van der Waals surface area contributed by atoms with E-state index in [9.17, 15) is 13.2 Å². The van der Waals surface area contributed by atoms with Gasteiger partial charge in [0, 0.05) is 19.2 Å². The third-order valence-electron chi connectivity index (χ3n) is 6.33. The number of ether oxygens (including phenoxy) is 2. The molecule has 0 saturated carbocycles. The highest BCUT2D eigenvalue weighted by Gasteiger charge is 2.30. The van der Waals surface area contributed by atoms with Gasteiger partial charge in [-0.1, -0.05) is 78.4 Å². The predicted molar refractivity (Wildman–Crippen MR) is 152 cm³/mol. The number of hydrogen-bond donors (Lipinski definition) is 0. The number of sulfonamides is 1. The van der Waals surface area contributed by atoms with E-state index in [1.165, 1.54) is 14.2 Å². The summed E-state index contributed by atoms with van der Waals surface area (Å²) < 4.78 is 39.8. The Morgan fingerprint density at radius 2 is 1.26 bits per heavy atom. The smallest absolute Gasteiger partial charge is 0.264 e. The Bertz CT molecular complexity index is 1450. The van der Waals surface area contributed by atoms with Crippen molar-refractivity contribution in [2.75, 3.05) is 25.1 Å². The number of anilines is 1. The van der Waals surface area contributed by atoms with E-state index in [0.717, 1.165) is 21.0 Å². The Hall–Kier alpha value is -4.30. The van der Waals surface area contributed by atoms with E-state index >= 15 is 0 Å². The molecular formula is C31H32N2O5S. The first-order chi connectivity index (χ1) is 18.8. The van der Waals surface area contributed by atoms with Crippen molar-refractivity contribution in [1.82, 2.24) is 4.90 Å². The maximum absolute atomic E-state index is 14.0. The monoisotopic (exact) mass is 544 g/mol. The molecule has 0 radical (unpaired) electrons. The molecule has 0 heterocycles. The normalized spacial score (nSPS) is 11.1. The molecule has 0 bridgehead atoms. The van der Waals surface area contributed by atoms with Crippen LogP contribution in [0.1, 0.15) is 16.7 Å². The minimum Gasteiger partial charge on any atom is -0.493 e. The minimum atomic E-state index is -4.10. The van der Waals surface area contributed by atoms with Gasteiger partial charge in [0.2, 0.25) is 5.91 Å². The van der Waals surface area contributed by atoms with Crippen molar-refractivity contribution in [2.24, 2.45) is 0 Å². The molecule has 0 saturated heterocycles. The molecule has 4 aromatic rings. The van der Waals surface area contributed by atoms with Crippen LogP contribution in [-0.2, 0) is 27.9 Å². The first-order valence-corrected chi connectivity index (χ1v) is 13.9. The lowest BCUT2D eigenvalue weighted by atomic mass is 10.1. The first-order valence-electron chi connectivity index (χ1n) is 12.5. The van der Waals surface area contributed by atoms with Gasteiger partial charge in [0.15, 0.2) is 11.5 Å². The molecule has 0 aliphatic carbocycles. The largest absolute Gasteiger partial charge is 0.493 e. The summed E-state index contributed by atoms with van der Waals surface area (Å²) in [6, 6.07) is 30.6. The number of hydrogen-bond acceptors (Lipinski definition) is 5. The summed E-state index contributed by atoms with van der Waals surface area (Å²) >= 11 is 0. The van der Waals surface area contributed by atoms with E-state index in [2.05, 4.69) is 0 Å². The van der Waals surface area contributed by atoms with E-state index < -0.39 is 16.6 Å². The first kappa shape index (κ1) is 27.7. The number of nitrogens with zero attached hydrogens (tertiary/aromatic N) is 2. The fourth-order valence-corrected chi connectivity index (χ4v) is 5.60. The van der Waals surface area contributed by atoms with Gasteiger partial charge in [-0.3, -0.25) is 9.10 Å². The number of carbonyl (C=O) groups excluding carboxylic acids is 1. The van der Waals surface area contributed by atoms with Gasteiger partial charge in [0.25, 0.3) is 10.0 Å². The average molecular weight is 545 g/mol. The minimum absolute atomic E-state index is 0.0911. The van der Waals surface area contributed by atoms with Crippen LogP contribution in [0.15, 0.2) is 108 Å². The molecule has 202 valence electrons. The van der Waals surface area contributed by atoms with Crippen molar-refractivity contribution < 1.29 is 22.7 Å². The second kappa shape index (κ2) is 12.5. The fourth-order valence-electron chi connectivity index (χ4n) is 4.20. The van der Waals surface area contributed by atoms with Crippen LogP contribution in [0.25, 0.3) is 0 Å². The van der Waals surface area contributed by atoms with Crippen LogP contribution in [-0.4, -0.2) is 40.0 Å². The molecule has 7 nitrogen and oxygen atoms in total. The lowest BCUT2D eigenvalue weighted by Gasteiger charge is -2.29. The Morgan fingerprint density at radius 3 is 1.77 bits per heavy atom. The summed E-state index contributed by atoms with van der Waals surface area (Å²) in [5.41, 5.74) is 3.11. The third kappa shape index (κ3) is 6.78. The Labute approximate surface area is 230 Å². The standard InChI is InChI=1S/C31H32N2O5S/c1-24-14-17-28(18-15-24)39(35,36)33(27-16-19-29(37-2)30(20-27)38-3)23-31(34)32(21-25-10-6-4-7-11-25)22-26-12-8-5-9-13-26/h4-20H,21-23H2,1-3H3. The van der Waals surface area contributed by atoms with Crippen LogP contribution >= 0.6 is 0 Å². The molecule has 4 rings (SSSR count).